The molecule has 0 fully saturated rings. The molecular weight excluding hydrogens is 492 g/mol. The molecular formula is C26H32N6O4S. The highest BCUT2D eigenvalue weighted by Crippen LogP contribution is 2.34. The summed E-state index contributed by atoms with van der Waals surface area (Å²) in [4.78, 5) is 21.1. The monoisotopic (exact) mass is 524 g/mol. The lowest BCUT2D eigenvalue weighted by molar-refractivity contribution is 0.0526. The standard InChI is InChI=1S/C26H32N6O4S/c1-17(2)37(34,35)32-21-15-19(11-12-20(21)30-24(32)27)23-22(18-9-7-6-8-10-18)29-16-31(23)14-13-28-25(33)36-26(3,4)5/h6-12,15-17H,13-14H2,1-5H3,(H2,27,30)(H,28,33). The second-order valence-corrected chi connectivity index (χ2v) is 12.3. The van der Waals surface area contributed by atoms with Crippen molar-refractivity contribution >= 4 is 33.1 Å². The first-order valence-corrected chi connectivity index (χ1v) is 13.5. The number of imidazole rings is 2. The molecule has 4 aromatic rings. The Hall–Kier alpha value is -3.86. The Morgan fingerprint density at radius 1 is 1.11 bits per heavy atom. The molecule has 11 heteroatoms. The summed E-state index contributed by atoms with van der Waals surface area (Å²) in [5.41, 5.74) is 9.44. The fraction of sp³-hybridized carbons (Fsp3) is 0.346. The second kappa shape index (κ2) is 9.89. The highest BCUT2D eigenvalue weighted by atomic mass is 32.2. The molecule has 10 nitrogen and oxygen atoms in total. The number of carbonyl (C=O) groups excluding carboxylic acids is 1. The number of nitrogens with zero attached hydrogens (tertiary/aromatic N) is 4. The van der Waals surface area contributed by atoms with Crippen LogP contribution in [0.2, 0.25) is 0 Å². The summed E-state index contributed by atoms with van der Waals surface area (Å²) in [6, 6.07) is 15.1. The van der Waals surface area contributed by atoms with Crippen molar-refractivity contribution in [3.05, 3.63) is 54.9 Å². The maximum absolute atomic E-state index is 13.1. The molecule has 0 spiro atoms. The van der Waals surface area contributed by atoms with Crippen molar-refractivity contribution < 1.29 is 17.9 Å². The Morgan fingerprint density at radius 3 is 2.46 bits per heavy atom. The molecule has 0 saturated carbocycles. The van der Waals surface area contributed by atoms with Gasteiger partial charge in [0.15, 0.2) is 0 Å². The molecule has 2 heterocycles. The van der Waals surface area contributed by atoms with E-state index in [1.54, 1.807) is 53.1 Å². The van der Waals surface area contributed by atoms with Gasteiger partial charge in [-0.1, -0.05) is 36.4 Å². The molecule has 0 aliphatic rings. The van der Waals surface area contributed by atoms with E-state index in [9.17, 15) is 13.2 Å². The lowest BCUT2D eigenvalue weighted by atomic mass is 10.0. The van der Waals surface area contributed by atoms with Crippen LogP contribution < -0.4 is 11.1 Å². The van der Waals surface area contributed by atoms with Gasteiger partial charge in [-0.15, -0.1) is 0 Å². The smallest absolute Gasteiger partial charge is 0.407 e. The zero-order valence-corrected chi connectivity index (χ0v) is 22.4. The van der Waals surface area contributed by atoms with Crippen LogP contribution >= 0.6 is 0 Å². The fourth-order valence-corrected chi connectivity index (χ4v) is 5.10. The molecule has 2 aromatic heterocycles. The number of carbonyl (C=O) groups is 1. The normalized spacial score (nSPS) is 12.3. The first-order chi connectivity index (χ1) is 17.4. The van der Waals surface area contributed by atoms with E-state index in [0.717, 1.165) is 26.5 Å². The van der Waals surface area contributed by atoms with Crippen molar-refractivity contribution in [2.75, 3.05) is 12.3 Å². The molecule has 2 aromatic carbocycles. The largest absolute Gasteiger partial charge is 0.444 e. The van der Waals surface area contributed by atoms with Crippen molar-refractivity contribution in [2.24, 2.45) is 0 Å². The van der Waals surface area contributed by atoms with Gasteiger partial charge in [-0.2, -0.15) is 0 Å². The van der Waals surface area contributed by atoms with E-state index in [0.29, 0.717) is 24.1 Å². The van der Waals surface area contributed by atoms with Crippen molar-refractivity contribution in [2.45, 2.75) is 52.0 Å². The van der Waals surface area contributed by atoms with Gasteiger partial charge in [0.2, 0.25) is 16.0 Å². The average Bonchev–Trinajstić information content (AvgIpc) is 3.38. The average molecular weight is 525 g/mol. The summed E-state index contributed by atoms with van der Waals surface area (Å²) in [5.74, 6) is -0.0841. The van der Waals surface area contributed by atoms with Crippen LogP contribution in [0.15, 0.2) is 54.9 Å². The predicted octanol–water partition coefficient (Wildman–Crippen LogP) is 4.26. The van der Waals surface area contributed by atoms with E-state index in [1.165, 1.54) is 0 Å². The Morgan fingerprint density at radius 2 is 1.81 bits per heavy atom. The van der Waals surface area contributed by atoms with Crippen LogP contribution in [-0.4, -0.2) is 50.4 Å². The lowest BCUT2D eigenvalue weighted by Crippen LogP contribution is -2.34. The zero-order valence-electron chi connectivity index (χ0n) is 21.6. The van der Waals surface area contributed by atoms with Crippen LogP contribution in [0.25, 0.3) is 33.5 Å². The van der Waals surface area contributed by atoms with Gasteiger partial charge in [0.05, 0.1) is 34.0 Å². The molecule has 0 aliphatic carbocycles. The van der Waals surface area contributed by atoms with Crippen molar-refractivity contribution in [1.29, 1.82) is 0 Å². The van der Waals surface area contributed by atoms with Crippen LogP contribution in [0, 0.1) is 0 Å². The van der Waals surface area contributed by atoms with Gasteiger partial charge >= 0.3 is 6.09 Å². The number of nitrogens with two attached hydrogens (primary N) is 1. The Kier molecular flexibility index (Phi) is 7.00. The number of ether oxygens (including phenoxy) is 1. The van der Waals surface area contributed by atoms with Gasteiger partial charge in [0.25, 0.3) is 0 Å². The third-order valence-electron chi connectivity index (χ3n) is 5.67. The fourth-order valence-electron chi connectivity index (χ4n) is 3.95. The zero-order chi connectivity index (χ0) is 27.0. The van der Waals surface area contributed by atoms with E-state index in [-0.39, 0.29) is 5.95 Å². The van der Waals surface area contributed by atoms with Crippen molar-refractivity contribution in [3.8, 4) is 22.5 Å². The molecule has 3 N–H and O–H groups in total. The van der Waals surface area contributed by atoms with E-state index < -0.39 is 27.0 Å². The molecule has 0 saturated heterocycles. The van der Waals surface area contributed by atoms with E-state index >= 15 is 0 Å². The number of fused-ring (bicyclic) bond motifs is 1. The molecule has 0 aliphatic heterocycles. The van der Waals surface area contributed by atoms with Crippen LogP contribution in [0.5, 0.6) is 0 Å². The van der Waals surface area contributed by atoms with Gasteiger partial charge < -0.3 is 20.4 Å². The number of nitrogen functional groups attached to an aromatic ring is 1. The number of hydrogen-bond acceptors (Lipinski definition) is 7. The quantitative estimate of drug-likeness (QED) is 0.369. The molecule has 196 valence electrons. The third-order valence-corrected chi connectivity index (χ3v) is 7.75. The summed E-state index contributed by atoms with van der Waals surface area (Å²) in [6.45, 7) is 9.34. The number of rotatable bonds is 7. The minimum Gasteiger partial charge on any atom is -0.444 e. The minimum absolute atomic E-state index is 0.0841. The topological polar surface area (TPSA) is 134 Å². The molecule has 0 unspecified atom stereocenters. The van der Waals surface area contributed by atoms with E-state index in [2.05, 4.69) is 15.3 Å². The Labute approximate surface area is 216 Å². The Balaban J connectivity index is 1.78. The lowest BCUT2D eigenvalue weighted by Gasteiger charge is -2.20. The molecule has 4 rings (SSSR count). The summed E-state index contributed by atoms with van der Waals surface area (Å²) >= 11 is 0. The van der Waals surface area contributed by atoms with Gasteiger partial charge in [-0.3, -0.25) is 0 Å². The van der Waals surface area contributed by atoms with Gasteiger partial charge in [0.1, 0.15) is 5.60 Å². The van der Waals surface area contributed by atoms with E-state index in [1.807, 2.05) is 41.0 Å². The van der Waals surface area contributed by atoms with Crippen LogP contribution in [-0.2, 0) is 21.3 Å². The minimum atomic E-state index is -3.74. The first kappa shape index (κ1) is 26.2. The molecule has 37 heavy (non-hydrogen) atoms. The number of hydrogen-bond donors (Lipinski definition) is 2. The third kappa shape index (κ3) is 5.46. The maximum atomic E-state index is 13.1. The number of benzene rings is 2. The number of nitrogens with one attached hydrogen (secondary N) is 1. The van der Waals surface area contributed by atoms with Crippen LogP contribution in [0.3, 0.4) is 0 Å². The molecule has 0 atom stereocenters. The summed E-state index contributed by atoms with van der Waals surface area (Å²) in [5, 5.41) is 2.09. The summed E-state index contributed by atoms with van der Waals surface area (Å²) < 4.78 is 34.5. The number of amides is 1. The van der Waals surface area contributed by atoms with Gasteiger partial charge in [0, 0.05) is 24.2 Å². The first-order valence-electron chi connectivity index (χ1n) is 12.0. The molecule has 1 amide bonds. The molecule has 0 radical (unpaired) electrons. The maximum Gasteiger partial charge on any atom is 0.407 e. The highest BCUT2D eigenvalue weighted by molar-refractivity contribution is 7.90. The number of anilines is 1. The van der Waals surface area contributed by atoms with E-state index in [4.69, 9.17) is 10.5 Å². The number of aromatic nitrogens is 4. The second-order valence-electron chi connectivity index (χ2n) is 9.96. The predicted molar refractivity (Wildman–Crippen MR) is 144 cm³/mol. The van der Waals surface area contributed by atoms with Crippen molar-refractivity contribution in [1.82, 2.24) is 23.8 Å². The SMILES string of the molecule is CC(C)S(=O)(=O)n1c(N)nc2ccc(-c3c(-c4ccccc4)ncn3CCNC(=O)OC(C)(C)C)cc21. The summed E-state index contributed by atoms with van der Waals surface area (Å²) in [7, 11) is -3.74. The van der Waals surface area contributed by atoms with Crippen LogP contribution in [0.4, 0.5) is 10.7 Å². The van der Waals surface area contributed by atoms with Gasteiger partial charge in [-0.05, 0) is 46.8 Å². The Bertz CT molecular complexity index is 1530. The highest BCUT2D eigenvalue weighted by Gasteiger charge is 2.25. The van der Waals surface area contributed by atoms with Gasteiger partial charge in [-0.25, -0.2) is 27.2 Å². The summed E-state index contributed by atoms with van der Waals surface area (Å²) in [6.07, 6.45) is 1.20. The molecule has 0 bridgehead atoms. The number of alkyl carbamates (subject to hydrolysis) is 1. The van der Waals surface area contributed by atoms with Crippen LogP contribution in [0.1, 0.15) is 34.6 Å². The van der Waals surface area contributed by atoms with Crippen molar-refractivity contribution in [3.63, 3.8) is 0 Å².